The fraction of sp³-hybridized carbons (Fsp3) is 0.278. The van der Waals surface area contributed by atoms with Crippen LogP contribution in [0.25, 0.3) is 0 Å². The summed E-state index contributed by atoms with van der Waals surface area (Å²) < 4.78 is 29.7. The molecule has 0 fully saturated rings. The molecular formula is C36H40ClN3O4S. The van der Waals surface area contributed by atoms with Crippen molar-refractivity contribution in [1.82, 2.24) is 10.2 Å². The molecule has 0 aliphatic rings. The number of nitrogens with one attached hydrogen (secondary N) is 1. The SMILES string of the molecule is CCc1ccccc1N(CC(=O)N(Cc1ccccc1Cl)[C@@H](Cc1ccccc1)C(=O)NC(C)C)S(=O)(=O)c1ccc(C)cc1. The molecule has 0 saturated carbocycles. The van der Waals surface area contributed by atoms with Crippen molar-refractivity contribution in [2.75, 3.05) is 10.8 Å². The van der Waals surface area contributed by atoms with Crippen LogP contribution < -0.4 is 9.62 Å². The number of hydrogen-bond donors (Lipinski definition) is 1. The molecule has 0 unspecified atom stereocenters. The van der Waals surface area contributed by atoms with E-state index >= 15 is 0 Å². The third kappa shape index (κ3) is 8.53. The number of amides is 2. The Morgan fingerprint density at radius 1 is 0.822 bits per heavy atom. The van der Waals surface area contributed by atoms with Crippen LogP contribution in [0, 0.1) is 6.92 Å². The second kappa shape index (κ2) is 15.2. The lowest BCUT2D eigenvalue weighted by Crippen LogP contribution is -2.54. The highest BCUT2D eigenvalue weighted by Crippen LogP contribution is 2.29. The molecule has 4 rings (SSSR count). The fourth-order valence-corrected chi connectivity index (χ4v) is 6.80. The number of anilines is 1. The number of halogens is 1. The van der Waals surface area contributed by atoms with Gasteiger partial charge in [-0.1, -0.05) is 103 Å². The Morgan fingerprint density at radius 3 is 2.04 bits per heavy atom. The lowest BCUT2D eigenvalue weighted by molar-refractivity contribution is -0.140. The lowest BCUT2D eigenvalue weighted by atomic mass is 10.0. The zero-order valence-electron chi connectivity index (χ0n) is 26.1. The van der Waals surface area contributed by atoms with Gasteiger partial charge >= 0.3 is 0 Å². The number of benzene rings is 4. The quantitative estimate of drug-likeness (QED) is 0.178. The van der Waals surface area contributed by atoms with Crippen LogP contribution in [0.5, 0.6) is 0 Å². The topological polar surface area (TPSA) is 86.8 Å². The second-order valence-corrected chi connectivity index (χ2v) is 13.6. The summed E-state index contributed by atoms with van der Waals surface area (Å²) in [6.45, 7) is 7.02. The van der Waals surface area contributed by atoms with Gasteiger partial charge < -0.3 is 10.2 Å². The summed E-state index contributed by atoms with van der Waals surface area (Å²) in [5, 5.41) is 3.41. The Morgan fingerprint density at radius 2 is 1.42 bits per heavy atom. The van der Waals surface area contributed by atoms with Gasteiger partial charge in [-0.05, 0) is 68.1 Å². The molecule has 4 aromatic rings. The van der Waals surface area contributed by atoms with E-state index in [1.807, 2.05) is 76.2 Å². The average molecular weight is 646 g/mol. The Balaban J connectivity index is 1.84. The first-order valence-electron chi connectivity index (χ1n) is 15.1. The monoisotopic (exact) mass is 645 g/mol. The summed E-state index contributed by atoms with van der Waals surface area (Å²) in [6, 6.07) is 29.2. The van der Waals surface area contributed by atoms with E-state index < -0.39 is 28.5 Å². The maximum Gasteiger partial charge on any atom is 0.264 e. The van der Waals surface area contributed by atoms with Crippen molar-refractivity contribution in [2.24, 2.45) is 0 Å². The molecule has 0 aromatic heterocycles. The van der Waals surface area contributed by atoms with Crippen molar-refractivity contribution < 1.29 is 18.0 Å². The Bertz CT molecular complexity index is 1710. The van der Waals surface area contributed by atoms with Crippen LogP contribution in [0.4, 0.5) is 5.69 Å². The van der Waals surface area contributed by atoms with Gasteiger partial charge in [-0.3, -0.25) is 13.9 Å². The van der Waals surface area contributed by atoms with Gasteiger partial charge in [0, 0.05) is 24.0 Å². The van der Waals surface area contributed by atoms with Crippen LogP contribution in [0.1, 0.15) is 43.0 Å². The van der Waals surface area contributed by atoms with E-state index in [-0.39, 0.29) is 29.8 Å². The highest BCUT2D eigenvalue weighted by Gasteiger charge is 2.35. The van der Waals surface area contributed by atoms with E-state index in [0.717, 1.165) is 16.7 Å². The van der Waals surface area contributed by atoms with Gasteiger partial charge in [-0.25, -0.2) is 8.42 Å². The summed E-state index contributed by atoms with van der Waals surface area (Å²) >= 11 is 6.56. The summed E-state index contributed by atoms with van der Waals surface area (Å²) in [7, 11) is -4.18. The fourth-order valence-electron chi connectivity index (χ4n) is 5.15. The second-order valence-electron chi connectivity index (χ2n) is 11.3. The minimum absolute atomic E-state index is 0.00929. The Hall–Kier alpha value is -4.14. The molecule has 0 saturated heterocycles. The van der Waals surface area contributed by atoms with E-state index in [2.05, 4.69) is 5.32 Å². The standard InChI is InChI=1S/C36H40ClN3O4S/c1-5-29-15-10-12-18-33(29)40(45(43,44)31-21-19-27(4)20-22-31)25-35(41)39(24-30-16-9-11-17-32(30)37)34(36(42)38-26(2)3)23-28-13-7-6-8-14-28/h6-22,26,34H,5,23-25H2,1-4H3,(H,38,42)/t34-/m0/s1. The van der Waals surface area contributed by atoms with E-state index in [9.17, 15) is 18.0 Å². The van der Waals surface area contributed by atoms with Gasteiger partial charge in [0.2, 0.25) is 11.8 Å². The van der Waals surface area contributed by atoms with E-state index in [4.69, 9.17) is 11.6 Å². The van der Waals surface area contributed by atoms with E-state index in [1.165, 1.54) is 9.21 Å². The average Bonchev–Trinajstić information content (AvgIpc) is 3.02. The summed E-state index contributed by atoms with van der Waals surface area (Å²) in [5.41, 5.74) is 3.61. The smallest absolute Gasteiger partial charge is 0.264 e. The van der Waals surface area contributed by atoms with Crippen LogP contribution in [0.3, 0.4) is 0 Å². The number of rotatable bonds is 13. The summed E-state index contributed by atoms with van der Waals surface area (Å²) in [4.78, 5) is 29.9. The van der Waals surface area contributed by atoms with Gasteiger partial charge in [-0.15, -0.1) is 0 Å². The number of nitrogens with zero attached hydrogens (tertiary/aromatic N) is 2. The molecule has 45 heavy (non-hydrogen) atoms. The molecule has 7 nitrogen and oxygen atoms in total. The molecule has 0 heterocycles. The van der Waals surface area contributed by atoms with Crippen LogP contribution in [-0.2, 0) is 39.0 Å². The van der Waals surface area contributed by atoms with Gasteiger partial charge in [0.15, 0.2) is 0 Å². The molecule has 2 amide bonds. The number of carbonyl (C=O) groups is 2. The summed E-state index contributed by atoms with van der Waals surface area (Å²) in [5.74, 6) is -0.868. The molecule has 4 aromatic carbocycles. The predicted octanol–water partition coefficient (Wildman–Crippen LogP) is 6.57. The molecule has 0 bridgehead atoms. The van der Waals surface area contributed by atoms with Gasteiger partial charge in [0.1, 0.15) is 12.6 Å². The van der Waals surface area contributed by atoms with Crippen molar-refractivity contribution >= 4 is 39.1 Å². The molecule has 9 heteroatoms. The number of para-hydroxylation sites is 1. The van der Waals surface area contributed by atoms with Crippen LogP contribution in [0.2, 0.25) is 5.02 Å². The Labute approximate surface area is 271 Å². The predicted molar refractivity (Wildman–Crippen MR) is 181 cm³/mol. The molecule has 236 valence electrons. The van der Waals surface area contributed by atoms with Crippen molar-refractivity contribution in [2.45, 2.75) is 64.1 Å². The number of hydrogen-bond acceptors (Lipinski definition) is 4. The zero-order valence-corrected chi connectivity index (χ0v) is 27.7. The highest BCUT2D eigenvalue weighted by molar-refractivity contribution is 7.92. The maximum atomic E-state index is 14.6. The molecule has 0 radical (unpaired) electrons. The zero-order chi connectivity index (χ0) is 32.6. The molecule has 0 aliphatic heterocycles. The van der Waals surface area contributed by atoms with Gasteiger partial charge in [0.05, 0.1) is 10.6 Å². The van der Waals surface area contributed by atoms with Crippen molar-refractivity contribution in [3.63, 3.8) is 0 Å². The third-order valence-corrected chi connectivity index (χ3v) is 9.67. The molecule has 1 N–H and O–H groups in total. The first kappa shape index (κ1) is 33.7. The lowest BCUT2D eigenvalue weighted by Gasteiger charge is -2.34. The molecule has 0 aliphatic carbocycles. The van der Waals surface area contributed by atoms with Crippen molar-refractivity contribution in [1.29, 1.82) is 0 Å². The van der Waals surface area contributed by atoms with E-state index in [1.54, 1.807) is 54.6 Å². The van der Waals surface area contributed by atoms with Crippen LogP contribution in [0.15, 0.2) is 108 Å². The third-order valence-electron chi connectivity index (χ3n) is 7.53. The maximum absolute atomic E-state index is 14.6. The Kier molecular flexibility index (Phi) is 11.4. The van der Waals surface area contributed by atoms with Crippen LogP contribution >= 0.6 is 11.6 Å². The van der Waals surface area contributed by atoms with Gasteiger partial charge in [-0.2, -0.15) is 0 Å². The van der Waals surface area contributed by atoms with E-state index in [0.29, 0.717) is 22.7 Å². The van der Waals surface area contributed by atoms with Crippen molar-refractivity contribution in [3.05, 3.63) is 130 Å². The van der Waals surface area contributed by atoms with Crippen molar-refractivity contribution in [3.8, 4) is 0 Å². The minimum Gasteiger partial charge on any atom is -0.352 e. The highest BCUT2D eigenvalue weighted by atomic mass is 35.5. The molecule has 1 atom stereocenters. The normalized spacial score (nSPS) is 12.0. The minimum atomic E-state index is -4.18. The van der Waals surface area contributed by atoms with Crippen LogP contribution in [-0.4, -0.2) is 43.8 Å². The van der Waals surface area contributed by atoms with Gasteiger partial charge in [0.25, 0.3) is 10.0 Å². The molecule has 0 spiro atoms. The number of carbonyl (C=O) groups excluding carboxylic acids is 2. The largest absolute Gasteiger partial charge is 0.352 e. The number of aryl methyl sites for hydroxylation is 2. The molecular weight excluding hydrogens is 606 g/mol. The first-order valence-corrected chi connectivity index (χ1v) is 16.9. The first-order chi connectivity index (χ1) is 21.5. The summed E-state index contributed by atoms with van der Waals surface area (Å²) in [6.07, 6.45) is 0.785. The number of sulfonamides is 1.